The van der Waals surface area contributed by atoms with E-state index in [9.17, 15) is 0 Å². The van der Waals surface area contributed by atoms with Crippen LogP contribution in [0.3, 0.4) is 0 Å². The topological polar surface area (TPSA) is 24.5 Å². The van der Waals surface area contributed by atoms with Crippen molar-refractivity contribution in [2.45, 2.75) is 44.2 Å². The van der Waals surface area contributed by atoms with Gasteiger partial charge >= 0.3 is 0 Å². The second-order valence-electron chi connectivity index (χ2n) is 5.62. The molecular weight excluding hydrogens is 200 g/mol. The Morgan fingerprint density at radius 1 is 1.12 bits per heavy atom. The van der Waals surface area contributed by atoms with E-state index in [0.717, 1.165) is 25.2 Å². The third-order valence-corrected chi connectivity index (χ3v) is 4.30. The molecule has 1 aliphatic carbocycles. The minimum Gasteiger partial charge on any atom is -0.380 e. The maximum atomic E-state index is 5.63. The van der Waals surface area contributed by atoms with Crippen LogP contribution in [0.2, 0.25) is 0 Å². The molecule has 2 unspecified atom stereocenters. The van der Waals surface area contributed by atoms with Crippen LogP contribution in [0.15, 0.2) is 0 Å². The molecule has 16 heavy (non-hydrogen) atoms. The number of hydrogen-bond donors (Lipinski definition) is 1. The summed E-state index contributed by atoms with van der Waals surface area (Å²) in [5, 5.41) is 3.73. The van der Waals surface area contributed by atoms with E-state index in [-0.39, 0.29) is 0 Å². The highest BCUT2D eigenvalue weighted by Gasteiger charge is 2.34. The minimum absolute atomic E-state index is 0.704. The molecule has 2 atom stereocenters. The average Bonchev–Trinajstić information content (AvgIpc) is 3.16. The Hall–Kier alpha value is -0.120. The van der Waals surface area contributed by atoms with E-state index in [2.05, 4.69) is 10.2 Å². The number of nitrogens with zero attached hydrogens (tertiary/aromatic N) is 1. The van der Waals surface area contributed by atoms with E-state index in [1.165, 1.54) is 51.7 Å². The summed E-state index contributed by atoms with van der Waals surface area (Å²) < 4.78 is 5.63. The van der Waals surface area contributed by atoms with Gasteiger partial charge in [0, 0.05) is 25.2 Å². The predicted octanol–water partition coefficient (Wildman–Crippen LogP) is 1.24. The lowest BCUT2D eigenvalue weighted by molar-refractivity contribution is 0.0166. The Morgan fingerprint density at radius 3 is 2.81 bits per heavy atom. The van der Waals surface area contributed by atoms with Crippen LogP contribution in [0.1, 0.15) is 32.1 Å². The fourth-order valence-electron chi connectivity index (χ4n) is 3.14. The van der Waals surface area contributed by atoms with Crippen LogP contribution in [-0.2, 0) is 4.74 Å². The predicted molar refractivity (Wildman–Crippen MR) is 64.5 cm³/mol. The van der Waals surface area contributed by atoms with Gasteiger partial charge in [-0.25, -0.2) is 0 Å². The van der Waals surface area contributed by atoms with Gasteiger partial charge in [-0.1, -0.05) is 0 Å². The van der Waals surface area contributed by atoms with Crippen molar-refractivity contribution < 1.29 is 4.74 Å². The first kappa shape index (κ1) is 11.0. The van der Waals surface area contributed by atoms with Gasteiger partial charge in [-0.05, 0) is 51.1 Å². The molecule has 0 bridgehead atoms. The van der Waals surface area contributed by atoms with Gasteiger partial charge in [-0.2, -0.15) is 0 Å². The van der Waals surface area contributed by atoms with E-state index in [4.69, 9.17) is 4.74 Å². The lowest BCUT2D eigenvalue weighted by atomic mass is 10.1. The molecule has 0 radical (unpaired) electrons. The van der Waals surface area contributed by atoms with Gasteiger partial charge in [-0.3, -0.25) is 4.90 Å². The SMILES string of the molecule is C1COCC(N2CCCNC(C3CC3)C2)C1. The Kier molecular flexibility index (Phi) is 3.46. The molecule has 3 rings (SSSR count). The Bertz CT molecular complexity index is 224. The van der Waals surface area contributed by atoms with Gasteiger partial charge in [0.1, 0.15) is 0 Å². The van der Waals surface area contributed by atoms with Gasteiger partial charge in [-0.15, -0.1) is 0 Å². The summed E-state index contributed by atoms with van der Waals surface area (Å²) in [7, 11) is 0. The normalized spacial score (nSPS) is 38.2. The van der Waals surface area contributed by atoms with Crippen LogP contribution in [0.4, 0.5) is 0 Å². The first-order valence-corrected chi connectivity index (χ1v) is 6.98. The number of ether oxygens (including phenoxy) is 1. The molecule has 0 amide bonds. The molecule has 3 aliphatic rings. The summed E-state index contributed by atoms with van der Waals surface area (Å²) >= 11 is 0. The van der Waals surface area contributed by atoms with Crippen molar-refractivity contribution in [3.8, 4) is 0 Å². The zero-order valence-electron chi connectivity index (χ0n) is 10.2. The zero-order valence-corrected chi connectivity index (χ0v) is 10.2. The second kappa shape index (κ2) is 5.03. The summed E-state index contributed by atoms with van der Waals surface area (Å²) in [6.07, 6.45) is 6.80. The van der Waals surface area contributed by atoms with Crippen molar-refractivity contribution in [3.63, 3.8) is 0 Å². The molecule has 2 saturated heterocycles. The summed E-state index contributed by atoms with van der Waals surface area (Å²) in [5.41, 5.74) is 0. The Balaban J connectivity index is 1.58. The fraction of sp³-hybridized carbons (Fsp3) is 1.00. The fourth-order valence-corrected chi connectivity index (χ4v) is 3.14. The van der Waals surface area contributed by atoms with Gasteiger partial charge in [0.05, 0.1) is 6.61 Å². The van der Waals surface area contributed by atoms with Crippen molar-refractivity contribution in [2.24, 2.45) is 5.92 Å². The van der Waals surface area contributed by atoms with E-state index in [1.807, 2.05) is 0 Å². The van der Waals surface area contributed by atoms with Crippen molar-refractivity contribution in [1.29, 1.82) is 0 Å². The monoisotopic (exact) mass is 224 g/mol. The van der Waals surface area contributed by atoms with Crippen LogP contribution in [-0.4, -0.2) is 49.8 Å². The molecule has 0 spiro atoms. The van der Waals surface area contributed by atoms with Gasteiger partial charge < -0.3 is 10.1 Å². The van der Waals surface area contributed by atoms with Gasteiger partial charge in [0.15, 0.2) is 0 Å². The van der Waals surface area contributed by atoms with Crippen LogP contribution in [0.25, 0.3) is 0 Å². The van der Waals surface area contributed by atoms with Gasteiger partial charge in [0.2, 0.25) is 0 Å². The highest BCUT2D eigenvalue weighted by Crippen LogP contribution is 2.34. The smallest absolute Gasteiger partial charge is 0.0621 e. The lowest BCUT2D eigenvalue weighted by Crippen LogP contribution is -2.46. The molecule has 3 heteroatoms. The van der Waals surface area contributed by atoms with Crippen molar-refractivity contribution in [1.82, 2.24) is 10.2 Å². The van der Waals surface area contributed by atoms with E-state index >= 15 is 0 Å². The standard InChI is InChI=1S/C13H24N2O/c1-3-12(10-16-8-1)15-7-2-6-14-13(9-15)11-4-5-11/h11-14H,1-10H2. The maximum Gasteiger partial charge on any atom is 0.0621 e. The van der Waals surface area contributed by atoms with E-state index < -0.39 is 0 Å². The first-order chi connectivity index (χ1) is 7.93. The molecule has 0 aromatic rings. The summed E-state index contributed by atoms with van der Waals surface area (Å²) in [4.78, 5) is 2.70. The molecule has 3 nitrogen and oxygen atoms in total. The third-order valence-electron chi connectivity index (χ3n) is 4.30. The molecule has 2 heterocycles. The number of rotatable bonds is 2. The molecule has 1 N–H and O–H groups in total. The highest BCUT2D eigenvalue weighted by atomic mass is 16.5. The van der Waals surface area contributed by atoms with Crippen molar-refractivity contribution in [2.75, 3.05) is 32.8 Å². The molecule has 3 fully saturated rings. The number of hydrogen-bond acceptors (Lipinski definition) is 3. The maximum absolute atomic E-state index is 5.63. The third kappa shape index (κ3) is 2.58. The molecule has 0 aromatic heterocycles. The highest BCUT2D eigenvalue weighted by molar-refractivity contribution is 4.91. The Morgan fingerprint density at radius 2 is 2.06 bits per heavy atom. The molecule has 92 valence electrons. The van der Waals surface area contributed by atoms with Crippen LogP contribution in [0.5, 0.6) is 0 Å². The molecule has 1 saturated carbocycles. The second-order valence-corrected chi connectivity index (χ2v) is 5.62. The summed E-state index contributed by atoms with van der Waals surface area (Å²) in [5.74, 6) is 0.977. The molecule has 0 aromatic carbocycles. The number of nitrogens with one attached hydrogen (secondary N) is 1. The largest absolute Gasteiger partial charge is 0.380 e. The summed E-state index contributed by atoms with van der Waals surface area (Å²) in [6, 6.07) is 1.47. The molecule has 2 aliphatic heterocycles. The average molecular weight is 224 g/mol. The quantitative estimate of drug-likeness (QED) is 0.764. The lowest BCUT2D eigenvalue weighted by Gasteiger charge is -2.34. The van der Waals surface area contributed by atoms with Crippen LogP contribution in [0, 0.1) is 5.92 Å². The minimum atomic E-state index is 0.704. The van der Waals surface area contributed by atoms with Crippen LogP contribution >= 0.6 is 0 Å². The van der Waals surface area contributed by atoms with Gasteiger partial charge in [0.25, 0.3) is 0 Å². The zero-order chi connectivity index (χ0) is 10.8. The Labute approximate surface area is 98.5 Å². The molecular formula is C13H24N2O. The van der Waals surface area contributed by atoms with Crippen LogP contribution < -0.4 is 5.32 Å². The van der Waals surface area contributed by atoms with E-state index in [1.54, 1.807) is 0 Å². The van der Waals surface area contributed by atoms with Crippen molar-refractivity contribution in [3.05, 3.63) is 0 Å². The van der Waals surface area contributed by atoms with E-state index in [0.29, 0.717) is 6.04 Å². The van der Waals surface area contributed by atoms with Crippen molar-refractivity contribution >= 4 is 0 Å². The first-order valence-electron chi connectivity index (χ1n) is 6.98. The summed E-state index contributed by atoms with van der Waals surface area (Å²) in [6.45, 7) is 5.69.